The van der Waals surface area contributed by atoms with Gasteiger partial charge in [0.2, 0.25) is 0 Å². The van der Waals surface area contributed by atoms with Gasteiger partial charge in [0.15, 0.2) is 0 Å². The maximum absolute atomic E-state index is 12.1. The summed E-state index contributed by atoms with van der Waals surface area (Å²) in [7, 11) is 1.61. The average Bonchev–Trinajstić information content (AvgIpc) is 2.88. The zero-order chi connectivity index (χ0) is 14.7. The SMILES string of the molecule is COC(C)[C@H](C)NC(=O)c1ccc2nc(CO)[nH]c2c1. The van der Waals surface area contributed by atoms with Gasteiger partial charge in [-0.1, -0.05) is 0 Å². The highest BCUT2D eigenvalue weighted by atomic mass is 16.5. The van der Waals surface area contributed by atoms with Crippen molar-refractivity contribution in [2.24, 2.45) is 0 Å². The Bertz CT molecular complexity index is 609. The van der Waals surface area contributed by atoms with Crippen LogP contribution in [0.1, 0.15) is 30.0 Å². The summed E-state index contributed by atoms with van der Waals surface area (Å²) in [6.07, 6.45) is -0.0594. The van der Waals surface area contributed by atoms with Crippen LogP contribution in [0.25, 0.3) is 11.0 Å². The van der Waals surface area contributed by atoms with Crippen LogP contribution in [0.4, 0.5) is 0 Å². The fourth-order valence-corrected chi connectivity index (χ4v) is 1.89. The van der Waals surface area contributed by atoms with Gasteiger partial charge in [-0.3, -0.25) is 4.79 Å². The van der Waals surface area contributed by atoms with E-state index in [1.165, 1.54) is 0 Å². The Morgan fingerprint density at radius 2 is 2.25 bits per heavy atom. The zero-order valence-corrected chi connectivity index (χ0v) is 11.8. The number of benzene rings is 1. The Kier molecular flexibility index (Phi) is 4.36. The van der Waals surface area contributed by atoms with Crippen LogP contribution in [0, 0.1) is 0 Å². The van der Waals surface area contributed by atoms with E-state index >= 15 is 0 Å². The molecule has 0 aliphatic carbocycles. The number of amides is 1. The van der Waals surface area contributed by atoms with Gasteiger partial charge in [-0.05, 0) is 32.0 Å². The van der Waals surface area contributed by atoms with Crippen LogP contribution >= 0.6 is 0 Å². The molecule has 1 unspecified atom stereocenters. The lowest BCUT2D eigenvalue weighted by molar-refractivity contribution is 0.0735. The van der Waals surface area contributed by atoms with Gasteiger partial charge in [-0.2, -0.15) is 0 Å². The number of nitrogens with zero attached hydrogens (tertiary/aromatic N) is 1. The Morgan fingerprint density at radius 3 is 2.90 bits per heavy atom. The van der Waals surface area contributed by atoms with E-state index in [4.69, 9.17) is 9.84 Å². The number of aliphatic hydroxyl groups is 1. The van der Waals surface area contributed by atoms with Gasteiger partial charge in [0.1, 0.15) is 12.4 Å². The number of nitrogens with one attached hydrogen (secondary N) is 2. The quantitative estimate of drug-likeness (QED) is 0.766. The molecule has 0 saturated heterocycles. The third-order valence-corrected chi connectivity index (χ3v) is 3.38. The number of carbonyl (C=O) groups excluding carboxylic acids is 1. The van der Waals surface area contributed by atoms with Crippen LogP contribution in [-0.2, 0) is 11.3 Å². The number of ether oxygens (including phenoxy) is 1. The van der Waals surface area contributed by atoms with E-state index in [9.17, 15) is 4.79 Å². The van der Waals surface area contributed by atoms with E-state index in [-0.39, 0.29) is 24.7 Å². The molecule has 0 saturated carbocycles. The first-order valence-corrected chi connectivity index (χ1v) is 6.48. The van der Waals surface area contributed by atoms with Crippen molar-refractivity contribution >= 4 is 16.9 Å². The standard InChI is InChI=1S/C14H19N3O3/c1-8(9(2)20-3)15-14(19)10-4-5-11-12(6-10)17-13(7-18)16-11/h4-6,8-9,18H,7H2,1-3H3,(H,15,19)(H,16,17)/t8-,9?/m0/s1. The van der Waals surface area contributed by atoms with Crippen LogP contribution < -0.4 is 5.32 Å². The molecular weight excluding hydrogens is 258 g/mol. The second-order valence-corrected chi connectivity index (χ2v) is 4.78. The molecular formula is C14H19N3O3. The van der Waals surface area contributed by atoms with E-state index < -0.39 is 0 Å². The summed E-state index contributed by atoms with van der Waals surface area (Å²) in [6, 6.07) is 5.10. The maximum atomic E-state index is 12.1. The smallest absolute Gasteiger partial charge is 0.251 e. The van der Waals surface area contributed by atoms with Crippen LogP contribution in [0.2, 0.25) is 0 Å². The topological polar surface area (TPSA) is 87.2 Å². The minimum atomic E-state index is -0.163. The summed E-state index contributed by atoms with van der Waals surface area (Å²) >= 11 is 0. The molecule has 0 bridgehead atoms. The maximum Gasteiger partial charge on any atom is 0.251 e. The molecule has 0 fully saturated rings. The lowest BCUT2D eigenvalue weighted by Crippen LogP contribution is -2.40. The van der Waals surface area contributed by atoms with E-state index in [2.05, 4.69) is 15.3 Å². The molecule has 3 N–H and O–H groups in total. The molecule has 2 atom stereocenters. The summed E-state index contributed by atoms with van der Waals surface area (Å²) in [4.78, 5) is 19.3. The van der Waals surface area contributed by atoms with Crippen molar-refractivity contribution in [1.29, 1.82) is 0 Å². The number of hydrogen-bond donors (Lipinski definition) is 3. The molecule has 6 heteroatoms. The highest BCUT2D eigenvalue weighted by molar-refractivity contribution is 5.97. The van der Waals surface area contributed by atoms with Crippen molar-refractivity contribution in [3.8, 4) is 0 Å². The molecule has 2 aromatic rings. The predicted molar refractivity (Wildman–Crippen MR) is 75.4 cm³/mol. The fourth-order valence-electron chi connectivity index (χ4n) is 1.89. The molecule has 0 aliphatic heterocycles. The number of imidazole rings is 1. The van der Waals surface area contributed by atoms with Crippen molar-refractivity contribution in [3.63, 3.8) is 0 Å². The largest absolute Gasteiger partial charge is 0.388 e. The summed E-state index contributed by atoms with van der Waals surface area (Å²) in [5, 5.41) is 11.9. The van der Waals surface area contributed by atoms with Crippen molar-refractivity contribution in [1.82, 2.24) is 15.3 Å². The van der Waals surface area contributed by atoms with Crippen LogP contribution in [0.3, 0.4) is 0 Å². The van der Waals surface area contributed by atoms with E-state index in [1.54, 1.807) is 25.3 Å². The first kappa shape index (κ1) is 14.5. The summed E-state index contributed by atoms with van der Waals surface area (Å²) in [5.41, 5.74) is 2.00. The summed E-state index contributed by atoms with van der Waals surface area (Å²) in [6.45, 7) is 3.64. The van der Waals surface area contributed by atoms with Crippen LogP contribution in [0.5, 0.6) is 0 Å². The average molecular weight is 277 g/mol. The van der Waals surface area contributed by atoms with E-state index in [0.717, 1.165) is 11.0 Å². The number of aromatic amines is 1. The molecule has 0 radical (unpaired) electrons. The molecule has 6 nitrogen and oxygen atoms in total. The number of rotatable bonds is 5. The Balaban J connectivity index is 2.17. The first-order chi connectivity index (χ1) is 9.55. The van der Waals surface area contributed by atoms with Crippen molar-refractivity contribution < 1.29 is 14.6 Å². The van der Waals surface area contributed by atoms with Gasteiger partial charge in [0, 0.05) is 12.7 Å². The normalized spacial score (nSPS) is 14.2. The van der Waals surface area contributed by atoms with Gasteiger partial charge < -0.3 is 20.1 Å². The van der Waals surface area contributed by atoms with Crippen LogP contribution in [-0.4, -0.2) is 40.2 Å². The minimum Gasteiger partial charge on any atom is -0.388 e. The second kappa shape index (κ2) is 6.02. The molecule has 2 rings (SSSR count). The van der Waals surface area contributed by atoms with Crippen molar-refractivity contribution in [3.05, 3.63) is 29.6 Å². The highest BCUT2D eigenvalue weighted by Gasteiger charge is 2.15. The Hall–Kier alpha value is -1.92. The number of fused-ring (bicyclic) bond motifs is 1. The monoisotopic (exact) mass is 277 g/mol. The van der Waals surface area contributed by atoms with Crippen LogP contribution in [0.15, 0.2) is 18.2 Å². The van der Waals surface area contributed by atoms with E-state index in [1.807, 2.05) is 13.8 Å². The number of H-pyrrole nitrogens is 1. The van der Waals surface area contributed by atoms with Crippen molar-refractivity contribution in [2.45, 2.75) is 32.6 Å². The predicted octanol–water partition coefficient (Wildman–Crippen LogP) is 1.21. The third kappa shape index (κ3) is 2.97. The van der Waals surface area contributed by atoms with Gasteiger partial charge in [-0.15, -0.1) is 0 Å². The molecule has 1 aromatic heterocycles. The lowest BCUT2D eigenvalue weighted by atomic mass is 10.1. The number of aromatic nitrogens is 2. The molecule has 1 aromatic carbocycles. The van der Waals surface area contributed by atoms with E-state index in [0.29, 0.717) is 11.4 Å². The number of carbonyl (C=O) groups is 1. The Labute approximate surface area is 117 Å². The number of hydrogen-bond acceptors (Lipinski definition) is 4. The molecule has 0 spiro atoms. The lowest BCUT2D eigenvalue weighted by Gasteiger charge is -2.19. The van der Waals surface area contributed by atoms with Crippen molar-refractivity contribution in [2.75, 3.05) is 7.11 Å². The third-order valence-electron chi connectivity index (χ3n) is 3.38. The molecule has 0 aliphatic rings. The number of methoxy groups -OCH3 is 1. The second-order valence-electron chi connectivity index (χ2n) is 4.78. The van der Waals surface area contributed by atoms with Gasteiger partial charge >= 0.3 is 0 Å². The summed E-state index contributed by atoms with van der Waals surface area (Å²) in [5.74, 6) is 0.322. The van der Waals surface area contributed by atoms with Gasteiger partial charge in [-0.25, -0.2) is 4.98 Å². The molecule has 20 heavy (non-hydrogen) atoms. The van der Waals surface area contributed by atoms with Gasteiger partial charge in [0.25, 0.3) is 5.91 Å². The number of aliphatic hydroxyl groups excluding tert-OH is 1. The first-order valence-electron chi connectivity index (χ1n) is 6.48. The molecule has 1 amide bonds. The minimum absolute atomic E-state index is 0.0594. The van der Waals surface area contributed by atoms with Gasteiger partial charge in [0.05, 0.1) is 23.2 Å². The zero-order valence-electron chi connectivity index (χ0n) is 11.8. The summed E-state index contributed by atoms with van der Waals surface area (Å²) < 4.78 is 5.18. The fraction of sp³-hybridized carbons (Fsp3) is 0.429. The molecule has 1 heterocycles. The molecule has 108 valence electrons. The highest BCUT2D eigenvalue weighted by Crippen LogP contribution is 2.14. The Morgan fingerprint density at radius 1 is 1.50 bits per heavy atom.